The third-order valence-corrected chi connectivity index (χ3v) is 1.12. The van der Waals surface area contributed by atoms with Crippen molar-refractivity contribution in [2.24, 2.45) is 0 Å². The van der Waals surface area contributed by atoms with Crippen molar-refractivity contribution in [3.8, 4) is 5.75 Å². The van der Waals surface area contributed by atoms with E-state index in [-0.39, 0.29) is 71.5 Å². The quantitative estimate of drug-likeness (QED) is 0.460. The van der Waals surface area contributed by atoms with E-state index >= 15 is 0 Å². The number of aromatic amines is 1. The molecule has 0 atom stereocenters. The predicted octanol–water partition coefficient (Wildman–Crippen LogP) is -1.72. The normalized spacial score (nSPS) is 8.08. The first-order chi connectivity index (χ1) is 4.74. The molecule has 0 aliphatic carbocycles. The molecule has 0 spiro atoms. The van der Waals surface area contributed by atoms with Gasteiger partial charge in [-0.25, -0.2) is 0 Å². The molecule has 6 heteroatoms. The standard InChI is InChI=1S/C6H7NO3.2Na.2H/c8-3-4-1-5(9)6(10)2-7-4;;;;/h1-2,8,10H,3H2,(H,7,9);;;;. The van der Waals surface area contributed by atoms with Gasteiger partial charge in [0.05, 0.1) is 6.61 Å². The minimum atomic E-state index is -0.484. The van der Waals surface area contributed by atoms with E-state index in [1.54, 1.807) is 0 Å². The van der Waals surface area contributed by atoms with E-state index in [2.05, 4.69) is 4.98 Å². The van der Waals surface area contributed by atoms with Crippen molar-refractivity contribution in [3.05, 3.63) is 28.2 Å². The average Bonchev–Trinajstić information content (AvgIpc) is 1.95. The second kappa shape index (κ2) is 7.15. The summed E-state index contributed by atoms with van der Waals surface area (Å²) in [6.07, 6.45) is 1.15. The van der Waals surface area contributed by atoms with Crippen molar-refractivity contribution in [1.29, 1.82) is 0 Å². The molecule has 12 heavy (non-hydrogen) atoms. The van der Waals surface area contributed by atoms with Gasteiger partial charge in [-0.15, -0.1) is 0 Å². The average molecular weight is 189 g/mol. The molecule has 4 nitrogen and oxygen atoms in total. The zero-order valence-electron chi connectivity index (χ0n) is 5.16. The fraction of sp³-hybridized carbons (Fsp3) is 0.167. The first-order valence-electron chi connectivity index (χ1n) is 2.75. The zero-order chi connectivity index (χ0) is 7.56. The van der Waals surface area contributed by atoms with Gasteiger partial charge in [0.2, 0.25) is 5.43 Å². The summed E-state index contributed by atoms with van der Waals surface area (Å²) in [4.78, 5) is 13.1. The van der Waals surface area contributed by atoms with Crippen LogP contribution in [0.2, 0.25) is 0 Å². The number of nitrogens with one attached hydrogen (secondary N) is 1. The van der Waals surface area contributed by atoms with Crippen LogP contribution >= 0.6 is 0 Å². The third-order valence-electron chi connectivity index (χ3n) is 1.12. The second-order valence-electron chi connectivity index (χ2n) is 1.87. The Morgan fingerprint density at radius 1 is 1.42 bits per heavy atom. The number of rotatable bonds is 1. The molecule has 1 heterocycles. The van der Waals surface area contributed by atoms with E-state index < -0.39 is 5.43 Å². The fourth-order valence-electron chi connectivity index (χ4n) is 0.597. The Balaban J connectivity index is 0. The Labute approximate surface area is 114 Å². The number of hydrogen-bond acceptors (Lipinski definition) is 3. The van der Waals surface area contributed by atoms with Gasteiger partial charge in [0.15, 0.2) is 5.75 Å². The van der Waals surface area contributed by atoms with Crippen molar-refractivity contribution in [2.75, 3.05) is 0 Å². The minimum absolute atomic E-state index is 0. The van der Waals surface area contributed by atoms with E-state index in [4.69, 9.17) is 10.2 Å². The molecule has 1 rings (SSSR count). The maximum absolute atomic E-state index is 10.6. The van der Waals surface area contributed by atoms with Crippen LogP contribution in [0, 0.1) is 0 Å². The Hall–Kier alpha value is 0.710. The topological polar surface area (TPSA) is 73.3 Å². The van der Waals surface area contributed by atoms with Crippen LogP contribution in [0.25, 0.3) is 0 Å². The number of aromatic nitrogens is 1. The molecule has 58 valence electrons. The van der Waals surface area contributed by atoms with E-state index in [0.29, 0.717) is 5.69 Å². The molecule has 0 bridgehead atoms. The molecule has 0 aliphatic rings. The molecular weight excluding hydrogens is 180 g/mol. The molecule has 0 fully saturated rings. The number of H-pyrrole nitrogens is 1. The predicted molar refractivity (Wildman–Crippen MR) is 48.9 cm³/mol. The summed E-state index contributed by atoms with van der Waals surface area (Å²) in [5.41, 5.74) is -0.0920. The first-order valence-corrected chi connectivity index (χ1v) is 2.75. The van der Waals surface area contributed by atoms with Gasteiger partial charge in [-0.2, -0.15) is 0 Å². The third kappa shape index (κ3) is 4.09. The number of aliphatic hydroxyl groups is 1. The molecule has 1 aromatic rings. The zero-order valence-corrected chi connectivity index (χ0v) is 5.16. The summed E-state index contributed by atoms with van der Waals surface area (Å²) in [7, 11) is 0. The molecule has 3 N–H and O–H groups in total. The van der Waals surface area contributed by atoms with Gasteiger partial charge in [-0.1, -0.05) is 0 Å². The maximum atomic E-state index is 10.6. The van der Waals surface area contributed by atoms with Crippen molar-refractivity contribution >= 4 is 59.1 Å². The molecular formula is C6H9NNa2O3. The van der Waals surface area contributed by atoms with Gasteiger partial charge < -0.3 is 15.2 Å². The van der Waals surface area contributed by atoms with Crippen LogP contribution < -0.4 is 5.43 Å². The van der Waals surface area contributed by atoms with Crippen LogP contribution in [-0.2, 0) is 6.61 Å². The van der Waals surface area contributed by atoms with Crippen LogP contribution in [0.3, 0.4) is 0 Å². The number of aliphatic hydroxyl groups excluding tert-OH is 1. The fourth-order valence-corrected chi connectivity index (χ4v) is 0.597. The summed E-state index contributed by atoms with van der Waals surface area (Å²) < 4.78 is 0. The summed E-state index contributed by atoms with van der Waals surface area (Å²) in [5.74, 6) is -0.336. The van der Waals surface area contributed by atoms with Crippen LogP contribution in [0.4, 0.5) is 0 Å². The summed E-state index contributed by atoms with van der Waals surface area (Å²) >= 11 is 0. The van der Waals surface area contributed by atoms with Gasteiger partial charge in [0.25, 0.3) is 0 Å². The Morgan fingerprint density at radius 2 is 2.00 bits per heavy atom. The van der Waals surface area contributed by atoms with Crippen molar-refractivity contribution < 1.29 is 10.2 Å². The van der Waals surface area contributed by atoms with Crippen LogP contribution in [0.1, 0.15) is 5.69 Å². The molecule has 0 saturated carbocycles. The van der Waals surface area contributed by atoms with Crippen molar-refractivity contribution in [1.82, 2.24) is 4.98 Å². The Kier molecular flexibility index (Phi) is 9.05. The van der Waals surface area contributed by atoms with Gasteiger partial charge in [-0.05, 0) is 0 Å². The summed E-state index contributed by atoms with van der Waals surface area (Å²) in [6, 6.07) is 1.15. The summed E-state index contributed by atoms with van der Waals surface area (Å²) in [5, 5.41) is 17.2. The van der Waals surface area contributed by atoms with Crippen LogP contribution in [0.5, 0.6) is 5.75 Å². The van der Waals surface area contributed by atoms with Crippen molar-refractivity contribution in [3.63, 3.8) is 0 Å². The Bertz CT molecular complexity index is 286. The van der Waals surface area contributed by atoms with Gasteiger partial charge >= 0.3 is 59.1 Å². The monoisotopic (exact) mass is 189 g/mol. The van der Waals surface area contributed by atoms with Gasteiger partial charge in [-0.3, -0.25) is 4.79 Å². The van der Waals surface area contributed by atoms with E-state index in [1.807, 2.05) is 0 Å². The molecule has 0 aromatic carbocycles. The number of aromatic hydroxyl groups is 1. The van der Waals surface area contributed by atoms with E-state index in [9.17, 15) is 4.79 Å². The SMILES string of the molecule is O=c1cc(CO)[nH]cc1O.[NaH].[NaH]. The molecule has 0 amide bonds. The molecule has 0 saturated heterocycles. The second-order valence-corrected chi connectivity index (χ2v) is 1.87. The summed E-state index contributed by atoms with van der Waals surface area (Å²) in [6.45, 7) is -0.227. The van der Waals surface area contributed by atoms with Gasteiger partial charge in [0, 0.05) is 18.0 Å². The molecule has 1 aromatic heterocycles. The number of pyridine rings is 1. The number of hydrogen-bond donors (Lipinski definition) is 3. The molecule has 0 radical (unpaired) electrons. The molecule has 0 unspecified atom stereocenters. The van der Waals surface area contributed by atoms with Crippen molar-refractivity contribution in [2.45, 2.75) is 6.61 Å². The first kappa shape index (κ1) is 15.2. The Morgan fingerprint density at radius 3 is 2.42 bits per heavy atom. The van der Waals surface area contributed by atoms with Crippen LogP contribution in [0.15, 0.2) is 17.1 Å². The van der Waals surface area contributed by atoms with Crippen LogP contribution in [-0.4, -0.2) is 74.3 Å². The van der Waals surface area contributed by atoms with E-state index in [1.165, 1.54) is 0 Å². The van der Waals surface area contributed by atoms with Gasteiger partial charge in [0.1, 0.15) is 0 Å². The molecule has 0 aliphatic heterocycles. The van der Waals surface area contributed by atoms with E-state index in [0.717, 1.165) is 12.3 Å².